The zero-order valence-corrected chi connectivity index (χ0v) is 9.94. The van der Waals surface area contributed by atoms with Crippen molar-refractivity contribution >= 4 is 23.1 Å². The highest BCUT2D eigenvalue weighted by Gasteiger charge is 2.09. The lowest BCUT2D eigenvalue weighted by molar-refractivity contribution is 0.685. The molecule has 1 aromatic heterocycles. The van der Waals surface area contributed by atoms with E-state index >= 15 is 0 Å². The number of aromatic nitrogens is 2. The van der Waals surface area contributed by atoms with E-state index in [1.54, 1.807) is 0 Å². The molecule has 0 aliphatic carbocycles. The monoisotopic (exact) mass is 238 g/mol. The molecule has 1 heterocycles. The fourth-order valence-electron chi connectivity index (χ4n) is 0.933. The Balaban J connectivity index is 2.35. The van der Waals surface area contributed by atoms with Gasteiger partial charge in [-0.1, -0.05) is 23.1 Å². The number of thioether (sulfide) groups is 1. The van der Waals surface area contributed by atoms with Crippen molar-refractivity contribution in [3.8, 4) is 12.1 Å². The molecular weight excluding hydrogens is 228 g/mol. The molecule has 0 saturated carbocycles. The zero-order valence-electron chi connectivity index (χ0n) is 8.30. The van der Waals surface area contributed by atoms with Crippen molar-refractivity contribution in [2.45, 2.75) is 24.1 Å². The van der Waals surface area contributed by atoms with Crippen LogP contribution in [0.15, 0.2) is 4.34 Å². The van der Waals surface area contributed by atoms with Crippen molar-refractivity contribution in [2.24, 2.45) is 5.92 Å². The molecule has 0 radical (unpaired) electrons. The van der Waals surface area contributed by atoms with Crippen molar-refractivity contribution in [3.63, 3.8) is 0 Å². The van der Waals surface area contributed by atoms with Crippen LogP contribution in [-0.4, -0.2) is 16.0 Å². The second-order valence-electron chi connectivity index (χ2n) is 2.92. The Kier molecular flexibility index (Phi) is 5.09. The minimum Gasteiger partial charge on any atom is -0.198 e. The van der Waals surface area contributed by atoms with Crippen LogP contribution in [0.1, 0.15) is 17.8 Å². The molecule has 0 bridgehead atoms. The summed E-state index contributed by atoms with van der Waals surface area (Å²) in [5, 5.41) is 26.0. The Morgan fingerprint density at radius 2 is 2.27 bits per heavy atom. The van der Waals surface area contributed by atoms with Crippen molar-refractivity contribution in [3.05, 3.63) is 5.01 Å². The molecule has 15 heavy (non-hydrogen) atoms. The molecule has 0 saturated heterocycles. The topological polar surface area (TPSA) is 73.4 Å². The maximum atomic E-state index is 8.83. The standard InChI is InChI=1S/C9H10N4S2/c1-7-12-13-9(15-7)14-6-8(5-11)3-2-4-10/h8H,2-3,6H2,1H3/t8-/m1/s1. The lowest BCUT2D eigenvalue weighted by Gasteiger charge is -2.02. The maximum absolute atomic E-state index is 8.83. The van der Waals surface area contributed by atoms with Crippen LogP contribution in [0.25, 0.3) is 0 Å². The Labute approximate surface area is 96.9 Å². The molecule has 0 unspecified atom stereocenters. The molecular formula is C9H10N4S2. The van der Waals surface area contributed by atoms with Gasteiger partial charge >= 0.3 is 0 Å². The smallest absolute Gasteiger partial charge is 0.174 e. The highest BCUT2D eigenvalue weighted by Crippen LogP contribution is 2.25. The van der Waals surface area contributed by atoms with Crippen LogP contribution in [0.5, 0.6) is 0 Å². The summed E-state index contributed by atoms with van der Waals surface area (Å²) in [5.74, 6) is 0.617. The highest BCUT2D eigenvalue weighted by atomic mass is 32.2. The van der Waals surface area contributed by atoms with E-state index in [-0.39, 0.29) is 5.92 Å². The molecule has 0 aromatic carbocycles. The fraction of sp³-hybridized carbons (Fsp3) is 0.556. The average molecular weight is 238 g/mol. The quantitative estimate of drug-likeness (QED) is 0.736. The number of rotatable bonds is 5. The first-order valence-corrected chi connectivity index (χ1v) is 6.26. The number of aryl methyl sites for hydroxylation is 1. The molecule has 0 fully saturated rings. The SMILES string of the molecule is Cc1nnc(SC[C@@H](C#N)CCC#N)s1. The summed E-state index contributed by atoms with van der Waals surface area (Å²) in [4.78, 5) is 0. The first kappa shape index (κ1) is 12.0. The van der Waals surface area contributed by atoms with Gasteiger partial charge in [-0.25, -0.2) is 0 Å². The summed E-state index contributed by atoms with van der Waals surface area (Å²) in [6.07, 6.45) is 1.08. The molecule has 0 aliphatic heterocycles. The largest absolute Gasteiger partial charge is 0.198 e. The van der Waals surface area contributed by atoms with Crippen molar-refractivity contribution in [2.75, 3.05) is 5.75 Å². The maximum Gasteiger partial charge on any atom is 0.174 e. The van der Waals surface area contributed by atoms with Crippen LogP contribution < -0.4 is 0 Å². The van der Waals surface area contributed by atoms with Gasteiger partial charge in [0, 0.05) is 12.2 Å². The summed E-state index contributed by atoms with van der Waals surface area (Å²) in [6, 6.07) is 4.25. The van der Waals surface area contributed by atoms with E-state index in [4.69, 9.17) is 10.5 Å². The number of nitriles is 2. The van der Waals surface area contributed by atoms with Gasteiger partial charge in [0.05, 0.1) is 18.1 Å². The minimum absolute atomic E-state index is 0.0705. The molecule has 0 N–H and O–H groups in total. The lowest BCUT2D eigenvalue weighted by atomic mass is 10.1. The van der Waals surface area contributed by atoms with E-state index in [2.05, 4.69) is 16.3 Å². The van der Waals surface area contributed by atoms with E-state index in [1.165, 1.54) is 23.1 Å². The predicted molar refractivity (Wildman–Crippen MR) is 59.3 cm³/mol. The number of hydrogen-bond acceptors (Lipinski definition) is 6. The normalized spacial score (nSPS) is 11.7. The summed E-state index contributed by atoms with van der Waals surface area (Å²) in [6.45, 7) is 1.90. The highest BCUT2D eigenvalue weighted by molar-refractivity contribution is 8.01. The molecule has 1 atom stereocenters. The third-order valence-corrected chi connectivity index (χ3v) is 3.84. The molecule has 0 aliphatic rings. The second-order valence-corrected chi connectivity index (χ2v) is 5.37. The number of nitrogens with zero attached hydrogens (tertiary/aromatic N) is 4. The van der Waals surface area contributed by atoms with E-state index in [0.29, 0.717) is 18.6 Å². The third-order valence-electron chi connectivity index (χ3n) is 1.70. The minimum atomic E-state index is -0.0705. The van der Waals surface area contributed by atoms with Crippen molar-refractivity contribution in [1.29, 1.82) is 10.5 Å². The van der Waals surface area contributed by atoms with Gasteiger partial charge < -0.3 is 0 Å². The molecule has 4 nitrogen and oxygen atoms in total. The van der Waals surface area contributed by atoms with Gasteiger partial charge in [-0.3, -0.25) is 0 Å². The summed E-state index contributed by atoms with van der Waals surface area (Å²) >= 11 is 3.07. The van der Waals surface area contributed by atoms with Gasteiger partial charge in [0.2, 0.25) is 0 Å². The van der Waals surface area contributed by atoms with Gasteiger partial charge in [-0.2, -0.15) is 10.5 Å². The molecule has 0 amide bonds. The fourth-order valence-corrected chi connectivity index (χ4v) is 2.83. The molecule has 0 spiro atoms. The van der Waals surface area contributed by atoms with E-state index < -0.39 is 0 Å². The zero-order chi connectivity index (χ0) is 11.1. The van der Waals surface area contributed by atoms with E-state index in [0.717, 1.165) is 9.35 Å². The summed E-state index contributed by atoms with van der Waals surface area (Å²) in [7, 11) is 0. The van der Waals surface area contributed by atoms with Crippen molar-refractivity contribution in [1.82, 2.24) is 10.2 Å². The summed E-state index contributed by atoms with van der Waals surface area (Å²) in [5.41, 5.74) is 0. The van der Waals surface area contributed by atoms with Crippen LogP contribution in [0.3, 0.4) is 0 Å². The van der Waals surface area contributed by atoms with E-state index in [9.17, 15) is 0 Å². The van der Waals surface area contributed by atoms with Crippen LogP contribution in [0.2, 0.25) is 0 Å². The Bertz CT molecular complexity index is 388. The lowest BCUT2D eigenvalue weighted by Crippen LogP contribution is -1.99. The van der Waals surface area contributed by atoms with Gasteiger partial charge in [0.1, 0.15) is 5.01 Å². The number of hydrogen-bond donors (Lipinski definition) is 0. The molecule has 6 heteroatoms. The Morgan fingerprint density at radius 3 is 2.80 bits per heavy atom. The predicted octanol–water partition coefficient (Wildman–Crippen LogP) is 2.38. The van der Waals surface area contributed by atoms with Gasteiger partial charge in [-0.05, 0) is 13.3 Å². The Hall–Kier alpha value is -1.11. The first-order valence-electron chi connectivity index (χ1n) is 4.45. The molecule has 1 aromatic rings. The van der Waals surface area contributed by atoms with Crippen molar-refractivity contribution < 1.29 is 0 Å². The summed E-state index contributed by atoms with van der Waals surface area (Å²) < 4.78 is 0.893. The van der Waals surface area contributed by atoms with E-state index in [1.807, 2.05) is 13.0 Å². The van der Waals surface area contributed by atoms with Gasteiger partial charge in [-0.15, -0.1) is 10.2 Å². The van der Waals surface area contributed by atoms with Crippen LogP contribution in [0.4, 0.5) is 0 Å². The molecule has 1 rings (SSSR count). The first-order chi connectivity index (χ1) is 7.26. The van der Waals surface area contributed by atoms with Crippen LogP contribution >= 0.6 is 23.1 Å². The average Bonchev–Trinajstić information content (AvgIpc) is 2.65. The third kappa shape index (κ3) is 4.28. The van der Waals surface area contributed by atoms with Gasteiger partial charge in [0.25, 0.3) is 0 Å². The second kappa shape index (κ2) is 6.39. The Morgan fingerprint density at radius 1 is 1.47 bits per heavy atom. The van der Waals surface area contributed by atoms with Gasteiger partial charge in [0.15, 0.2) is 4.34 Å². The molecule has 78 valence electrons. The van der Waals surface area contributed by atoms with Crippen LogP contribution in [-0.2, 0) is 0 Å². The van der Waals surface area contributed by atoms with Crippen LogP contribution in [0, 0.1) is 35.5 Å².